The van der Waals surface area contributed by atoms with Gasteiger partial charge in [0.2, 0.25) is 0 Å². The maximum absolute atomic E-state index is 3.85. The summed E-state index contributed by atoms with van der Waals surface area (Å²) >= 11 is 0. The molecule has 0 unspecified atom stereocenters. The topological polar surface area (TPSA) is 34.0 Å². The first-order chi connectivity index (χ1) is 3.80. The van der Waals surface area contributed by atoms with E-state index in [1.165, 1.54) is 6.33 Å². The zero-order valence-electron chi connectivity index (χ0n) is 4.94. The third-order valence-corrected chi connectivity index (χ3v) is 0.816. The number of hydrogen-bond donors (Lipinski definition) is 0. The van der Waals surface area contributed by atoms with Crippen molar-refractivity contribution in [2.45, 2.75) is 0 Å². The molecule has 1 rings (SSSR count). The average molecular weight is 112 g/mol. The van der Waals surface area contributed by atoms with Crippen LogP contribution in [0.3, 0.4) is 0 Å². The van der Waals surface area contributed by atoms with Crippen molar-refractivity contribution < 1.29 is 0 Å². The van der Waals surface area contributed by atoms with Crippen molar-refractivity contribution >= 4 is 0 Å². The van der Waals surface area contributed by atoms with Gasteiger partial charge in [0.25, 0.3) is 0 Å². The molecular formula is C4H8N4. The summed E-state index contributed by atoms with van der Waals surface area (Å²) in [4.78, 5) is 5.39. The van der Waals surface area contributed by atoms with E-state index in [-0.39, 0.29) is 0 Å². The molecule has 1 aromatic rings. The molecule has 4 nitrogen and oxygen atoms in total. The lowest BCUT2D eigenvalue weighted by atomic mass is 11.1. The molecule has 8 heavy (non-hydrogen) atoms. The summed E-state index contributed by atoms with van der Waals surface area (Å²) in [5, 5.41) is 5.67. The Kier molecular flexibility index (Phi) is 1.15. The fourth-order valence-corrected chi connectivity index (χ4v) is 0.409. The van der Waals surface area contributed by atoms with Gasteiger partial charge >= 0.3 is 0 Å². The van der Waals surface area contributed by atoms with Crippen LogP contribution < -0.4 is 5.01 Å². The van der Waals surface area contributed by atoms with Crippen LogP contribution in [0.2, 0.25) is 0 Å². The van der Waals surface area contributed by atoms with Crippen LogP contribution in [0.5, 0.6) is 0 Å². The molecule has 0 saturated heterocycles. The first-order valence-electron chi connectivity index (χ1n) is 2.33. The summed E-state index contributed by atoms with van der Waals surface area (Å²) in [5.41, 5.74) is 0. The standard InChI is InChI=1S/C4H8N4/c1-7(2)8-4-5-3-6-8/h3-4H,1-2H3. The monoisotopic (exact) mass is 112 g/mol. The van der Waals surface area contributed by atoms with Gasteiger partial charge in [0.15, 0.2) is 0 Å². The third kappa shape index (κ3) is 0.776. The van der Waals surface area contributed by atoms with E-state index in [0.29, 0.717) is 0 Å². The lowest BCUT2D eigenvalue weighted by Gasteiger charge is -2.08. The van der Waals surface area contributed by atoms with E-state index in [1.54, 1.807) is 11.1 Å². The molecule has 1 aromatic heterocycles. The van der Waals surface area contributed by atoms with Crippen LogP contribution in [-0.2, 0) is 0 Å². The van der Waals surface area contributed by atoms with E-state index < -0.39 is 0 Å². The van der Waals surface area contributed by atoms with Crippen LogP contribution in [0, 0.1) is 0 Å². The summed E-state index contributed by atoms with van der Waals surface area (Å²) in [6.07, 6.45) is 3.14. The Morgan fingerprint density at radius 2 is 2.25 bits per heavy atom. The Balaban J connectivity index is 2.77. The second-order valence-corrected chi connectivity index (χ2v) is 1.66. The molecule has 0 radical (unpaired) electrons. The fourth-order valence-electron chi connectivity index (χ4n) is 0.409. The van der Waals surface area contributed by atoms with Crippen LogP contribution in [0.15, 0.2) is 12.7 Å². The minimum Gasteiger partial charge on any atom is -0.302 e. The molecule has 0 spiro atoms. The molecule has 0 aliphatic heterocycles. The van der Waals surface area contributed by atoms with Gasteiger partial charge in [-0.1, -0.05) is 0 Å². The van der Waals surface area contributed by atoms with Crippen LogP contribution in [0.4, 0.5) is 0 Å². The maximum Gasteiger partial charge on any atom is 0.139 e. The smallest absolute Gasteiger partial charge is 0.139 e. The van der Waals surface area contributed by atoms with E-state index in [0.717, 1.165) is 0 Å². The molecule has 0 aliphatic carbocycles. The Bertz CT molecular complexity index is 143. The predicted molar refractivity (Wildman–Crippen MR) is 30.1 cm³/mol. The van der Waals surface area contributed by atoms with E-state index in [1.807, 2.05) is 19.1 Å². The number of aromatic nitrogens is 3. The molecule has 0 atom stereocenters. The minimum atomic E-state index is 1.50. The number of hydrogen-bond acceptors (Lipinski definition) is 3. The van der Waals surface area contributed by atoms with Gasteiger partial charge in [-0.2, -0.15) is 4.79 Å². The number of rotatable bonds is 1. The first kappa shape index (κ1) is 5.08. The molecule has 0 bridgehead atoms. The quantitative estimate of drug-likeness (QED) is 0.490. The van der Waals surface area contributed by atoms with Crippen molar-refractivity contribution in [2.75, 3.05) is 19.1 Å². The van der Waals surface area contributed by atoms with E-state index in [2.05, 4.69) is 10.1 Å². The van der Waals surface area contributed by atoms with E-state index >= 15 is 0 Å². The van der Waals surface area contributed by atoms with Gasteiger partial charge in [-0.3, -0.25) is 0 Å². The highest BCUT2D eigenvalue weighted by Gasteiger charge is 1.86. The predicted octanol–water partition coefficient (Wildman–Crippen LogP) is -0.524. The lowest BCUT2D eigenvalue weighted by Crippen LogP contribution is -2.24. The van der Waals surface area contributed by atoms with Crippen molar-refractivity contribution in [3.8, 4) is 0 Å². The van der Waals surface area contributed by atoms with Crippen molar-refractivity contribution in [2.24, 2.45) is 0 Å². The van der Waals surface area contributed by atoms with Crippen LogP contribution >= 0.6 is 0 Å². The van der Waals surface area contributed by atoms with Crippen LogP contribution in [-0.4, -0.2) is 29.0 Å². The van der Waals surface area contributed by atoms with Crippen molar-refractivity contribution in [3.63, 3.8) is 0 Å². The van der Waals surface area contributed by atoms with E-state index in [4.69, 9.17) is 0 Å². The van der Waals surface area contributed by atoms with Gasteiger partial charge in [-0.05, 0) is 0 Å². The van der Waals surface area contributed by atoms with Crippen LogP contribution in [0.25, 0.3) is 0 Å². The maximum atomic E-state index is 3.85. The molecule has 44 valence electrons. The largest absolute Gasteiger partial charge is 0.302 e. The molecule has 0 aliphatic rings. The minimum absolute atomic E-state index is 1.50. The molecule has 0 amide bonds. The molecule has 4 heteroatoms. The summed E-state index contributed by atoms with van der Waals surface area (Å²) in [5.74, 6) is 0. The van der Waals surface area contributed by atoms with Gasteiger partial charge in [-0.15, -0.1) is 5.10 Å². The average Bonchev–Trinajstić information content (AvgIpc) is 2.12. The highest BCUT2D eigenvalue weighted by molar-refractivity contribution is 4.67. The summed E-state index contributed by atoms with van der Waals surface area (Å²) in [6, 6.07) is 0. The number of nitrogens with zero attached hydrogens (tertiary/aromatic N) is 4. The van der Waals surface area contributed by atoms with E-state index in [9.17, 15) is 0 Å². The van der Waals surface area contributed by atoms with Crippen molar-refractivity contribution in [3.05, 3.63) is 12.7 Å². The molecular weight excluding hydrogens is 104 g/mol. The highest BCUT2D eigenvalue weighted by Crippen LogP contribution is 1.74. The summed E-state index contributed by atoms with van der Waals surface area (Å²) in [7, 11) is 3.80. The Hall–Kier alpha value is -1.06. The van der Waals surface area contributed by atoms with Gasteiger partial charge in [-0.25, -0.2) is 4.98 Å². The molecule has 0 aromatic carbocycles. The molecule has 1 heterocycles. The van der Waals surface area contributed by atoms with Crippen molar-refractivity contribution in [1.29, 1.82) is 0 Å². The second-order valence-electron chi connectivity index (χ2n) is 1.66. The van der Waals surface area contributed by atoms with Gasteiger partial charge < -0.3 is 5.01 Å². The van der Waals surface area contributed by atoms with Crippen molar-refractivity contribution in [1.82, 2.24) is 14.9 Å². The highest BCUT2D eigenvalue weighted by atomic mass is 15.6. The molecule has 0 saturated carbocycles. The summed E-state index contributed by atoms with van der Waals surface area (Å²) in [6.45, 7) is 0. The van der Waals surface area contributed by atoms with Gasteiger partial charge in [0, 0.05) is 14.1 Å². The third-order valence-electron chi connectivity index (χ3n) is 0.816. The molecule has 0 fully saturated rings. The zero-order chi connectivity index (χ0) is 5.98. The first-order valence-corrected chi connectivity index (χ1v) is 2.33. The zero-order valence-corrected chi connectivity index (χ0v) is 4.94. The SMILES string of the molecule is CN(C)n1cncn1. The fraction of sp³-hybridized carbons (Fsp3) is 0.500. The normalized spacial score (nSPS) is 9.25. The lowest BCUT2D eigenvalue weighted by molar-refractivity contribution is 0.637. The second kappa shape index (κ2) is 1.81. The van der Waals surface area contributed by atoms with Crippen LogP contribution in [0.1, 0.15) is 0 Å². The summed E-state index contributed by atoms with van der Waals surface area (Å²) < 4.78 is 0. The Morgan fingerprint density at radius 1 is 1.50 bits per heavy atom. The Morgan fingerprint density at radius 3 is 2.50 bits per heavy atom. The van der Waals surface area contributed by atoms with Gasteiger partial charge in [0.05, 0.1) is 0 Å². The Labute approximate surface area is 47.7 Å². The van der Waals surface area contributed by atoms with Gasteiger partial charge in [0.1, 0.15) is 12.7 Å². The molecule has 0 N–H and O–H groups in total.